The molecular formula is C27H24O. The molecule has 4 rings (SSSR count). The van der Waals surface area contributed by atoms with Crippen molar-refractivity contribution in [2.24, 2.45) is 0 Å². The Morgan fingerprint density at radius 3 is 1.25 bits per heavy atom. The topological polar surface area (TPSA) is 20.2 Å². The summed E-state index contributed by atoms with van der Waals surface area (Å²) in [5, 5.41) is 11.8. The number of rotatable bonds is 6. The Morgan fingerprint density at radius 2 is 0.786 bits per heavy atom. The highest BCUT2D eigenvalue weighted by Gasteiger charge is 2.33. The van der Waals surface area contributed by atoms with Crippen LogP contribution in [0.4, 0.5) is 0 Å². The molecule has 0 saturated carbocycles. The molecule has 1 heteroatoms. The van der Waals surface area contributed by atoms with Gasteiger partial charge in [0.05, 0.1) is 0 Å². The van der Waals surface area contributed by atoms with Gasteiger partial charge in [0.15, 0.2) is 0 Å². The van der Waals surface area contributed by atoms with Gasteiger partial charge >= 0.3 is 0 Å². The van der Waals surface area contributed by atoms with Crippen LogP contribution in [0.2, 0.25) is 0 Å². The molecule has 0 saturated heterocycles. The van der Waals surface area contributed by atoms with Crippen LogP contribution in [-0.2, 0) is 18.4 Å². The summed E-state index contributed by atoms with van der Waals surface area (Å²) in [7, 11) is 0. The zero-order valence-corrected chi connectivity index (χ0v) is 15.8. The average Bonchev–Trinajstić information content (AvgIpc) is 2.79. The van der Waals surface area contributed by atoms with Crippen LogP contribution < -0.4 is 0 Å². The van der Waals surface area contributed by atoms with E-state index in [4.69, 9.17) is 0 Å². The molecule has 0 aliphatic rings. The van der Waals surface area contributed by atoms with Crippen LogP contribution in [0.3, 0.4) is 0 Å². The minimum Gasteiger partial charge on any atom is -0.376 e. The number of hydrogen-bond donors (Lipinski definition) is 1. The maximum atomic E-state index is 11.8. The monoisotopic (exact) mass is 364 g/mol. The van der Waals surface area contributed by atoms with Crippen molar-refractivity contribution < 1.29 is 5.11 Å². The molecule has 0 aliphatic carbocycles. The molecule has 1 nitrogen and oxygen atoms in total. The molecule has 0 spiro atoms. The molecule has 4 aromatic rings. The van der Waals surface area contributed by atoms with Crippen molar-refractivity contribution in [1.29, 1.82) is 0 Å². The van der Waals surface area contributed by atoms with Gasteiger partial charge in [-0.25, -0.2) is 0 Å². The smallest absolute Gasteiger partial charge is 0.140 e. The summed E-state index contributed by atoms with van der Waals surface area (Å²) >= 11 is 0. The van der Waals surface area contributed by atoms with Crippen LogP contribution in [0.5, 0.6) is 0 Å². The Morgan fingerprint density at radius 1 is 0.429 bits per heavy atom. The second kappa shape index (κ2) is 8.24. The van der Waals surface area contributed by atoms with Crippen LogP contribution in [0, 0.1) is 0 Å². The Bertz CT molecular complexity index is 951. The highest BCUT2D eigenvalue weighted by molar-refractivity contribution is 5.47. The third kappa shape index (κ3) is 3.76. The first-order chi connectivity index (χ1) is 13.8. The fourth-order valence-corrected chi connectivity index (χ4v) is 3.70. The van der Waals surface area contributed by atoms with E-state index in [9.17, 15) is 5.11 Å². The molecule has 0 bridgehead atoms. The van der Waals surface area contributed by atoms with E-state index in [-0.39, 0.29) is 0 Å². The third-order valence-corrected chi connectivity index (χ3v) is 5.30. The van der Waals surface area contributed by atoms with E-state index in [1.165, 1.54) is 11.1 Å². The summed E-state index contributed by atoms with van der Waals surface area (Å²) in [6, 6.07) is 38.7. The van der Waals surface area contributed by atoms with Gasteiger partial charge in [0, 0.05) is 0 Å². The second-order valence-corrected chi connectivity index (χ2v) is 7.12. The van der Waals surface area contributed by atoms with Gasteiger partial charge in [-0.3, -0.25) is 0 Å². The van der Waals surface area contributed by atoms with E-state index in [1.54, 1.807) is 0 Å². The van der Waals surface area contributed by atoms with Crippen LogP contribution >= 0.6 is 0 Å². The normalized spacial score (nSPS) is 11.3. The van der Waals surface area contributed by atoms with Crippen molar-refractivity contribution in [1.82, 2.24) is 0 Å². The Kier molecular flexibility index (Phi) is 5.36. The maximum Gasteiger partial charge on any atom is 0.140 e. The average molecular weight is 364 g/mol. The zero-order valence-electron chi connectivity index (χ0n) is 15.8. The maximum absolute atomic E-state index is 11.8. The summed E-state index contributed by atoms with van der Waals surface area (Å²) < 4.78 is 0. The third-order valence-electron chi connectivity index (χ3n) is 5.30. The molecule has 28 heavy (non-hydrogen) atoms. The van der Waals surface area contributed by atoms with Gasteiger partial charge in [-0.05, 0) is 40.7 Å². The lowest BCUT2D eigenvalue weighted by Crippen LogP contribution is -2.28. The van der Waals surface area contributed by atoms with Crippen LogP contribution in [0.1, 0.15) is 27.8 Å². The van der Waals surface area contributed by atoms with Gasteiger partial charge in [-0.2, -0.15) is 0 Å². The fraction of sp³-hybridized carbons (Fsp3) is 0.111. The highest BCUT2D eigenvalue weighted by atomic mass is 16.3. The highest BCUT2D eigenvalue weighted by Crippen LogP contribution is 2.36. The first-order valence-electron chi connectivity index (χ1n) is 9.73. The molecule has 0 aromatic heterocycles. The van der Waals surface area contributed by atoms with Crippen molar-refractivity contribution in [2.45, 2.75) is 18.4 Å². The number of aliphatic hydroxyl groups is 1. The first-order valence-corrected chi connectivity index (χ1v) is 9.73. The standard InChI is InChI=1S/C27H24O/c28-27(24-12-6-2-7-13-24,25-14-8-3-9-15-25)26-20-18-23(19-21-26)17-16-22-10-4-1-5-11-22/h1-15,18-21,28H,16-17H2. The van der Waals surface area contributed by atoms with E-state index >= 15 is 0 Å². The zero-order chi connectivity index (χ0) is 19.2. The van der Waals surface area contributed by atoms with Gasteiger partial charge < -0.3 is 5.11 Å². The number of benzene rings is 4. The van der Waals surface area contributed by atoms with Gasteiger partial charge in [-0.15, -0.1) is 0 Å². The molecule has 138 valence electrons. The predicted octanol–water partition coefficient (Wildman–Crippen LogP) is 5.76. The Hall–Kier alpha value is -3.16. The van der Waals surface area contributed by atoms with Crippen molar-refractivity contribution in [3.8, 4) is 0 Å². The molecule has 0 radical (unpaired) electrons. The molecule has 0 atom stereocenters. The van der Waals surface area contributed by atoms with Crippen molar-refractivity contribution in [3.63, 3.8) is 0 Å². The number of aryl methyl sites for hydroxylation is 2. The summed E-state index contributed by atoms with van der Waals surface area (Å²) in [6.07, 6.45) is 2.00. The van der Waals surface area contributed by atoms with Crippen LogP contribution in [0.25, 0.3) is 0 Å². The predicted molar refractivity (Wildman–Crippen MR) is 115 cm³/mol. The van der Waals surface area contributed by atoms with Gasteiger partial charge in [-0.1, -0.05) is 115 Å². The summed E-state index contributed by atoms with van der Waals surface area (Å²) in [5.41, 5.74) is 4.08. The van der Waals surface area contributed by atoms with Crippen molar-refractivity contribution in [3.05, 3.63) is 143 Å². The summed E-state index contributed by atoms with van der Waals surface area (Å²) in [5.74, 6) is 0. The first kappa shape index (κ1) is 18.2. The van der Waals surface area contributed by atoms with Crippen molar-refractivity contribution >= 4 is 0 Å². The van der Waals surface area contributed by atoms with Crippen LogP contribution in [-0.4, -0.2) is 5.11 Å². The molecule has 1 N–H and O–H groups in total. The largest absolute Gasteiger partial charge is 0.376 e. The molecular weight excluding hydrogens is 340 g/mol. The molecule has 0 fully saturated rings. The summed E-state index contributed by atoms with van der Waals surface area (Å²) in [4.78, 5) is 0. The quantitative estimate of drug-likeness (QED) is 0.432. The Balaban J connectivity index is 1.64. The molecule has 0 aliphatic heterocycles. The van der Waals surface area contributed by atoms with Gasteiger partial charge in [0.2, 0.25) is 0 Å². The fourth-order valence-electron chi connectivity index (χ4n) is 3.70. The minimum atomic E-state index is -1.17. The van der Waals surface area contributed by atoms with Crippen LogP contribution in [0.15, 0.2) is 115 Å². The SMILES string of the molecule is OC(c1ccccc1)(c1ccccc1)c1ccc(CCc2ccccc2)cc1. The van der Waals surface area contributed by atoms with Gasteiger partial charge in [0.25, 0.3) is 0 Å². The van der Waals surface area contributed by atoms with E-state index in [2.05, 4.69) is 48.5 Å². The van der Waals surface area contributed by atoms with E-state index in [1.807, 2.05) is 66.7 Å². The lowest BCUT2D eigenvalue weighted by Gasteiger charge is -2.30. The molecule has 4 aromatic carbocycles. The molecule has 0 unspecified atom stereocenters. The van der Waals surface area contributed by atoms with Crippen molar-refractivity contribution in [2.75, 3.05) is 0 Å². The second-order valence-electron chi connectivity index (χ2n) is 7.12. The molecule has 0 heterocycles. The Labute approximate surface area is 166 Å². The van der Waals surface area contributed by atoms with E-state index < -0.39 is 5.60 Å². The number of hydrogen-bond acceptors (Lipinski definition) is 1. The summed E-state index contributed by atoms with van der Waals surface area (Å²) in [6.45, 7) is 0. The lowest BCUT2D eigenvalue weighted by atomic mass is 9.80. The minimum absolute atomic E-state index is 0.873. The lowest BCUT2D eigenvalue weighted by molar-refractivity contribution is 0.125. The van der Waals surface area contributed by atoms with Gasteiger partial charge in [0.1, 0.15) is 5.60 Å². The van der Waals surface area contributed by atoms with E-state index in [0.29, 0.717) is 0 Å². The van der Waals surface area contributed by atoms with E-state index in [0.717, 1.165) is 29.5 Å². The molecule has 0 amide bonds.